The number of carbonyl (C=O) groups excluding carboxylic acids is 4. The average molecular weight is 1680 g/mol. The van der Waals surface area contributed by atoms with Crippen molar-refractivity contribution < 1.29 is 33.4 Å². The second-order valence-corrected chi connectivity index (χ2v) is 31.9. The highest BCUT2D eigenvalue weighted by Crippen LogP contribution is 2.32. The van der Waals surface area contributed by atoms with Gasteiger partial charge in [0, 0.05) is 104 Å². The van der Waals surface area contributed by atoms with Crippen LogP contribution >= 0.6 is 58.0 Å². The molecule has 27 heteroatoms. The maximum atomic E-state index is 13.5. The molecule has 0 aliphatic heterocycles. The highest BCUT2D eigenvalue weighted by atomic mass is 35.5. The molecule has 7 aromatic carbocycles. The Bertz CT molecular complexity index is 5700. The number of fused-ring (bicyclic) bond motifs is 2. The molecule has 0 amide bonds. The van der Waals surface area contributed by atoms with E-state index in [0.717, 1.165) is 84.4 Å². The van der Waals surface area contributed by atoms with Gasteiger partial charge in [0.15, 0.2) is 6.29 Å². The maximum absolute atomic E-state index is 13.5. The van der Waals surface area contributed by atoms with Crippen LogP contribution in [0.2, 0.25) is 43.0 Å². The summed E-state index contributed by atoms with van der Waals surface area (Å²) in [5.41, 5.74) is 34.2. The van der Waals surface area contributed by atoms with E-state index in [1.54, 1.807) is 53.4 Å². The predicted molar refractivity (Wildman–Crippen MR) is 478 cm³/mol. The molecule has 0 radical (unpaired) electrons. The molecule has 0 saturated heterocycles. The minimum absolute atomic E-state index is 0.0667. The van der Waals surface area contributed by atoms with Gasteiger partial charge in [0.25, 0.3) is 25.3 Å². The topological polar surface area (TPSA) is 307 Å². The number of nitrogens with zero attached hydrogens (tertiary/aromatic N) is 7. The zero-order valence-electron chi connectivity index (χ0n) is 65.9. The largest absolute Gasteiger partial charge is 0.469 e. The monoisotopic (exact) mass is 1680 g/mol. The molecule has 0 spiro atoms. The van der Waals surface area contributed by atoms with Crippen molar-refractivity contribution in [3.8, 4) is 33.6 Å². The first-order chi connectivity index (χ1) is 56.1. The quantitative estimate of drug-likeness (QED) is 0.0159. The minimum atomic E-state index is -0.489. The maximum Gasteiger partial charge on any atom is 0.341 e. The predicted octanol–water partition coefficient (Wildman–Crippen LogP) is 21.0. The summed E-state index contributed by atoms with van der Waals surface area (Å²) in [6.45, 7) is 11.9. The van der Waals surface area contributed by atoms with Gasteiger partial charge in [-0.15, -0.1) is 17.4 Å². The number of aryl methyl sites for hydroxylation is 4. The summed E-state index contributed by atoms with van der Waals surface area (Å²) >= 11 is 28.9. The number of esters is 3. The molecule has 7 heterocycles. The summed E-state index contributed by atoms with van der Waals surface area (Å²) in [6, 6.07) is 67.0. The highest BCUT2D eigenvalue weighted by Gasteiger charge is 2.20. The number of methoxy groups -OCH3 is 1. The molecule has 0 aliphatic rings. The van der Waals surface area contributed by atoms with Gasteiger partial charge in [-0.3, -0.25) is 33.3 Å². The zero-order chi connectivity index (χ0) is 84.8. The Balaban J connectivity index is 0.000000177. The number of pyridine rings is 7. The van der Waals surface area contributed by atoms with E-state index in [9.17, 15) is 28.8 Å². The van der Waals surface area contributed by atoms with Gasteiger partial charge in [-0.25, -0.2) is 29.5 Å². The molecular weight excluding hydrogens is 1600 g/mol. The Hall–Kier alpha value is -12.2. The van der Waals surface area contributed by atoms with E-state index < -0.39 is 11.9 Å². The van der Waals surface area contributed by atoms with Crippen LogP contribution in [0.1, 0.15) is 72.9 Å². The summed E-state index contributed by atoms with van der Waals surface area (Å²) in [6.07, 6.45) is 8.67. The molecule has 0 unspecified atom stereocenters. The summed E-state index contributed by atoms with van der Waals surface area (Å²) in [5, 5.41) is 9.48. The summed E-state index contributed by atoms with van der Waals surface area (Å²) < 4.78 is 17.7. The molecule has 8 N–H and O–H groups in total. The van der Waals surface area contributed by atoms with Crippen LogP contribution in [0.4, 0.5) is 39.8 Å². The van der Waals surface area contributed by atoms with E-state index in [4.69, 9.17) is 84.7 Å². The van der Waals surface area contributed by atoms with Gasteiger partial charge in [-0.2, -0.15) is 0 Å². The Morgan fingerprint density at radius 2 is 0.846 bits per heavy atom. The molecule has 0 atom stereocenters. The normalized spacial score (nSPS) is 10.2. The van der Waals surface area contributed by atoms with Crippen molar-refractivity contribution in [1.29, 1.82) is 0 Å². The van der Waals surface area contributed by atoms with Crippen molar-refractivity contribution in [2.75, 3.05) is 48.2 Å². The first kappa shape index (κ1) is 90.3. The minimum Gasteiger partial charge on any atom is -0.469 e. The Morgan fingerprint density at radius 3 is 1.32 bits per heavy atom. The second kappa shape index (κ2) is 44.6. The second-order valence-electron chi connectivity index (χ2n) is 26.5. The molecule has 14 aromatic rings. The number of ether oxygens (including phenoxy) is 3. The van der Waals surface area contributed by atoms with Crippen LogP contribution in [-0.2, 0) is 25.4 Å². The number of halogens is 5. The number of anilines is 7. The van der Waals surface area contributed by atoms with Crippen LogP contribution in [0.3, 0.4) is 0 Å². The van der Waals surface area contributed by atoms with Crippen LogP contribution < -0.4 is 39.0 Å². The summed E-state index contributed by atoms with van der Waals surface area (Å²) in [5.74, 6) is 5.76. The Labute approximate surface area is 707 Å². The van der Waals surface area contributed by atoms with Crippen LogP contribution in [0, 0.1) is 27.7 Å². The van der Waals surface area contributed by atoms with Crippen LogP contribution in [0.5, 0.6) is 0 Å². The summed E-state index contributed by atoms with van der Waals surface area (Å²) in [4.78, 5) is 91.7. The van der Waals surface area contributed by atoms with Gasteiger partial charge in [-0.1, -0.05) is 149 Å². The molecule has 0 aliphatic carbocycles. The van der Waals surface area contributed by atoms with E-state index in [1.165, 1.54) is 31.8 Å². The molecular formula is C90H86AlCl5N12O9. The SMILES string of the molecule is CCOC(=O)c1cnc(Cl)cc1Cl.CCOC(=O)c1cnc(Cl)cc1Nc1ccccc1.COC(=O)Cc1cc(N)ccc1C.Cc1cc2c(cn1)cc(-c1cc(N)ccc1C)c(=O)n2-c1ccccc1.Cc1ccc(N)cc1-c1cc2cnc(Cl)cc2n(-c2ccccc2)c1=O.O=Cc1cnc(Cl)cc1Nc1ccccc1.[CH3][Al]([CH3])[CH3]. The Morgan fingerprint density at radius 1 is 0.453 bits per heavy atom. The molecule has 0 bridgehead atoms. The van der Waals surface area contributed by atoms with Crippen LogP contribution in [0.15, 0.2) is 259 Å². The van der Waals surface area contributed by atoms with E-state index in [1.807, 2.05) is 222 Å². The number of nitrogens with two attached hydrogens (primary N) is 3. The number of aromatic nitrogens is 7. The Kier molecular flexibility index (Phi) is 34.4. The van der Waals surface area contributed by atoms with E-state index in [0.29, 0.717) is 84.9 Å². The van der Waals surface area contributed by atoms with E-state index in [2.05, 4.69) is 57.6 Å². The van der Waals surface area contributed by atoms with Crippen molar-refractivity contribution in [1.82, 2.24) is 34.1 Å². The van der Waals surface area contributed by atoms with Gasteiger partial charge in [0.05, 0.1) is 65.3 Å². The molecule has 21 nitrogen and oxygen atoms in total. The lowest BCUT2D eigenvalue weighted by molar-refractivity contribution is -0.139. The van der Waals surface area contributed by atoms with Crippen molar-refractivity contribution in [3.63, 3.8) is 0 Å². The van der Waals surface area contributed by atoms with Gasteiger partial charge >= 0.3 is 17.9 Å². The number of rotatable bonds is 15. The number of nitrogens with one attached hydrogen (secondary N) is 2. The lowest BCUT2D eigenvalue weighted by Gasteiger charge is -2.15. The first-order valence-corrected chi connectivity index (χ1v) is 42.0. The number of aldehydes is 1. The van der Waals surface area contributed by atoms with Crippen molar-refractivity contribution in [2.24, 2.45) is 0 Å². The number of nitrogen functional groups attached to an aromatic ring is 3. The van der Waals surface area contributed by atoms with Crippen LogP contribution in [-0.4, -0.2) is 92.7 Å². The number of para-hydroxylation sites is 4. The van der Waals surface area contributed by atoms with E-state index in [-0.39, 0.29) is 53.4 Å². The number of hydrogen-bond donors (Lipinski definition) is 5. The van der Waals surface area contributed by atoms with Crippen molar-refractivity contribution >= 4 is 158 Å². The van der Waals surface area contributed by atoms with Crippen LogP contribution in [0.25, 0.3) is 55.4 Å². The number of benzene rings is 7. The fourth-order valence-corrected chi connectivity index (χ4v) is 12.1. The third kappa shape index (κ3) is 26.4. The van der Waals surface area contributed by atoms with Gasteiger partial charge < -0.3 is 42.0 Å². The molecule has 598 valence electrons. The van der Waals surface area contributed by atoms with E-state index >= 15 is 0 Å². The molecule has 7 aromatic heterocycles. The fraction of sp³-hybridized carbons (Fsp3) is 0.144. The smallest absolute Gasteiger partial charge is 0.341 e. The standard InChI is InChI=1S/C22H19N3O.C21H16ClN3O.C14H13ClN2O2.C12H9ClN2O.C10H13NO2.C8H7Cl2NO2.3CH3.Al/c1-14-8-9-17(23)12-19(14)20-11-16-13-24-15(2)10-21(16)25(22(20)26)18-6-4-3-5-7-18;1-13-7-8-15(23)10-17(13)18-9-14-12-24-20(22)11-19(14)25(21(18)26)16-5-3-2-4-6-16;1-2-19-14(18)11-9-16-13(15)8-12(11)17-10-6-4-3-5-7-10;13-12-6-11(9(8-16)7-14-12)15-10-4-2-1-3-5-10;1-7-3-4-9(11)5-8(7)6-10(12)13-2;1-2-13-8(12)5-4-11-7(10)3-6(5)9;;;;/h3-13H,23H2,1-2H3;2-12H,23H2,1H3;3-9H,2H2,1H3,(H,16,17);1-8H,(H,14,15);3-5H,6,11H2,1-2H3;3-4H,2H2,1H3;3*1H3;. The fourth-order valence-electron chi connectivity index (χ4n) is 11.2. The van der Waals surface area contributed by atoms with Crippen molar-refractivity contribution in [3.05, 3.63) is 340 Å². The van der Waals surface area contributed by atoms with Crippen molar-refractivity contribution in [2.45, 2.75) is 65.3 Å². The number of carbonyl (C=O) groups is 4. The zero-order valence-corrected chi connectivity index (χ0v) is 70.8. The molecule has 14 rings (SSSR count). The third-order valence-electron chi connectivity index (χ3n) is 16.8. The highest BCUT2D eigenvalue weighted by molar-refractivity contribution is 6.54. The van der Waals surface area contributed by atoms with Gasteiger partial charge in [0.2, 0.25) is 0 Å². The van der Waals surface area contributed by atoms with Gasteiger partial charge in [-0.05, 0) is 196 Å². The lowest BCUT2D eigenvalue weighted by Crippen LogP contribution is -2.21. The average Bonchev–Trinajstić information content (AvgIpc) is 0.761. The molecule has 0 saturated carbocycles. The first-order valence-electron chi connectivity index (χ1n) is 36.6. The number of hydrogen-bond acceptors (Lipinski definition) is 19. The van der Waals surface area contributed by atoms with Gasteiger partial charge in [0.1, 0.15) is 26.2 Å². The third-order valence-corrected chi connectivity index (χ3v) is 17.9. The molecule has 0 fully saturated rings. The lowest BCUT2D eigenvalue weighted by atomic mass is 9.99. The molecule has 117 heavy (non-hydrogen) atoms. The summed E-state index contributed by atoms with van der Waals surface area (Å²) in [7, 11) is 1.38.